The fraction of sp³-hybridized carbons (Fsp3) is 0.722. The lowest BCUT2D eigenvalue weighted by Gasteiger charge is -2.28. The second kappa shape index (κ2) is 8.67. The summed E-state index contributed by atoms with van der Waals surface area (Å²) in [5.41, 5.74) is 2.89. The summed E-state index contributed by atoms with van der Waals surface area (Å²) in [4.78, 5) is 4.82. The number of nitrogens with zero attached hydrogens (tertiary/aromatic N) is 1. The van der Waals surface area contributed by atoms with Crippen LogP contribution >= 0.6 is 11.8 Å². The van der Waals surface area contributed by atoms with Crippen LogP contribution in [0.5, 0.6) is 0 Å². The van der Waals surface area contributed by atoms with Crippen molar-refractivity contribution in [3.63, 3.8) is 0 Å². The highest BCUT2D eigenvalue weighted by Gasteiger charge is 2.19. The van der Waals surface area contributed by atoms with Crippen LogP contribution in [0.1, 0.15) is 54.4 Å². The second-order valence-electron chi connectivity index (χ2n) is 6.77. The van der Waals surface area contributed by atoms with Gasteiger partial charge in [0.25, 0.3) is 0 Å². The van der Waals surface area contributed by atoms with Crippen LogP contribution in [0.4, 0.5) is 0 Å². The maximum Gasteiger partial charge on any atom is 0.119 e. The molecule has 0 fully saturated rings. The minimum Gasteiger partial charge on any atom is -0.367 e. The van der Waals surface area contributed by atoms with Gasteiger partial charge in [-0.15, -0.1) is 11.8 Å². The summed E-state index contributed by atoms with van der Waals surface area (Å²) >= 11 is 1.73. The third-order valence-corrected chi connectivity index (χ3v) is 4.65. The summed E-state index contributed by atoms with van der Waals surface area (Å²) in [6.45, 7) is 13.5. The normalized spacial score (nSPS) is 21.4. The van der Waals surface area contributed by atoms with Gasteiger partial charge < -0.3 is 5.32 Å². The monoisotopic (exact) mass is 308 g/mol. The van der Waals surface area contributed by atoms with E-state index in [4.69, 9.17) is 4.99 Å². The Kier molecular flexibility index (Phi) is 7.58. The highest BCUT2D eigenvalue weighted by Crippen LogP contribution is 2.28. The smallest absolute Gasteiger partial charge is 0.119 e. The summed E-state index contributed by atoms with van der Waals surface area (Å²) in [6.07, 6.45) is 9.08. The Balaban J connectivity index is 2.83. The van der Waals surface area contributed by atoms with Gasteiger partial charge in [-0.25, -0.2) is 0 Å². The van der Waals surface area contributed by atoms with Gasteiger partial charge in [0, 0.05) is 5.70 Å². The molecule has 3 heteroatoms. The summed E-state index contributed by atoms with van der Waals surface area (Å²) in [7, 11) is 0. The highest BCUT2D eigenvalue weighted by molar-refractivity contribution is 8.13. The van der Waals surface area contributed by atoms with Crippen LogP contribution in [0, 0.1) is 17.8 Å². The van der Waals surface area contributed by atoms with Crippen molar-refractivity contribution in [2.75, 3.05) is 6.26 Å². The molecule has 0 amide bonds. The van der Waals surface area contributed by atoms with Gasteiger partial charge in [-0.2, -0.15) is 0 Å². The standard InChI is InChI=1S/C18H32N2S/c1-12(2)10-18(19-15(6)21-7)20-17-9-8-16(13(3)4)11-14(17)5/h8-9,12-14,18,20H,10-11H2,1-7H3/b19-15+. The molecule has 2 unspecified atom stereocenters. The van der Waals surface area contributed by atoms with Gasteiger partial charge in [0.05, 0.1) is 5.04 Å². The van der Waals surface area contributed by atoms with Crippen molar-refractivity contribution in [2.45, 2.75) is 60.5 Å². The molecule has 0 saturated heterocycles. The van der Waals surface area contributed by atoms with E-state index >= 15 is 0 Å². The lowest BCUT2D eigenvalue weighted by molar-refractivity contribution is 0.432. The lowest BCUT2D eigenvalue weighted by atomic mass is 9.87. The molecule has 120 valence electrons. The number of nitrogens with one attached hydrogen (secondary N) is 1. The highest BCUT2D eigenvalue weighted by atomic mass is 32.2. The van der Waals surface area contributed by atoms with Crippen molar-refractivity contribution in [3.8, 4) is 0 Å². The van der Waals surface area contributed by atoms with Crippen molar-refractivity contribution in [2.24, 2.45) is 22.7 Å². The molecular weight excluding hydrogens is 276 g/mol. The first-order chi connectivity index (χ1) is 9.83. The molecule has 0 radical (unpaired) electrons. The molecule has 1 aliphatic rings. The zero-order valence-corrected chi connectivity index (χ0v) is 15.6. The van der Waals surface area contributed by atoms with Crippen LogP contribution in [0.2, 0.25) is 0 Å². The molecule has 0 heterocycles. The van der Waals surface area contributed by atoms with E-state index in [9.17, 15) is 0 Å². The van der Waals surface area contributed by atoms with E-state index in [-0.39, 0.29) is 6.17 Å². The minimum atomic E-state index is 0.195. The number of allylic oxidation sites excluding steroid dienone is 4. The maximum absolute atomic E-state index is 4.82. The summed E-state index contributed by atoms with van der Waals surface area (Å²) in [5.74, 6) is 1.85. The Hall–Kier alpha value is -0.700. The van der Waals surface area contributed by atoms with E-state index in [1.807, 2.05) is 0 Å². The van der Waals surface area contributed by atoms with Crippen molar-refractivity contribution in [1.82, 2.24) is 5.32 Å². The number of thioether (sulfide) groups is 1. The number of aliphatic imine (C=N–C) groups is 1. The van der Waals surface area contributed by atoms with Gasteiger partial charge in [0.2, 0.25) is 0 Å². The molecule has 0 aromatic rings. The molecule has 1 rings (SSSR count). The van der Waals surface area contributed by atoms with E-state index in [1.54, 1.807) is 17.3 Å². The minimum absolute atomic E-state index is 0.195. The molecule has 21 heavy (non-hydrogen) atoms. The Labute approximate surface area is 135 Å². The molecule has 2 nitrogen and oxygen atoms in total. The molecular formula is C18H32N2S. The van der Waals surface area contributed by atoms with Crippen LogP contribution in [-0.4, -0.2) is 17.5 Å². The van der Waals surface area contributed by atoms with E-state index in [1.165, 1.54) is 5.70 Å². The molecule has 0 bridgehead atoms. The third kappa shape index (κ3) is 6.29. The van der Waals surface area contributed by atoms with Crippen LogP contribution in [0.15, 0.2) is 28.4 Å². The number of rotatable bonds is 6. The predicted molar refractivity (Wildman–Crippen MR) is 97.8 cm³/mol. The number of hydrogen-bond donors (Lipinski definition) is 1. The average Bonchev–Trinajstić information content (AvgIpc) is 2.39. The van der Waals surface area contributed by atoms with Crippen LogP contribution in [-0.2, 0) is 0 Å². The summed E-state index contributed by atoms with van der Waals surface area (Å²) in [6, 6.07) is 0. The van der Waals surface area contributed by atoms with Crippen molar-refractivity contribution in [3.05, 3.63) is 23.4 Å². The van der Waals surface area contributed by atoms with Gasteiger partial charge >= 0.3 is 0 Å². The summed E-state index contributed by atoms with van der Waals surface area (Å²) in [5, 5.41) is 4.83. The van der Waals surface area contributed by atoms with Crippen molar-refractivity contribution >= 4 is 16.8 Å². The quantitative estimate of drug-likeness (QED) is 0.536. The van der Waals surface area contributed by atoms with E-state index in [0.29, 0.717) is 17.8 Å². The fourth-order valence-corrected chi connectivity index (χ4v) is 2.80. The van der Waals surface area contributed by atoms with Gasteiger partial charge in [-0.05, 0) is 49.9 Å². The average molecular weight is 309 g/mol. The first-order valence-electron chi connectivity index (χ1n) is 8.09. The first-order valence-corrected chi connectivity index (χ1v) is 9.31. The fourth-order valence-electron chi connectivity index (χ4n) is 2.57. The second-order valence-corrected chi connectivity index (χ2v) is 7.76. The topological polar surface area (TPSA) is 24.4 Å². The Morgan fingerprint density at radius 2 is 2.00 bits per heavy atom. The maximum atomic E-state index is 4.82. The molecule has 0 saturated carbocycles. The Morgan fingerprint density at radius 1 is 1.33 bits per heavy atom. The predicted octanol–water partition coefficient (Wildman–Crippen LogP) is 5.24. The summed E-state index contributed by atoms with van der Waals surface area (Å²) < 4.78 is 0. The van der Waals surface area contributed by atoms with Gasteiger partial charge in [0.15, 0.2) is 0 Å². The van der Waals surface area contributed by atoms with Crippen molar-refractivity contribution < 1.29 is 0 Å². The SMILES string of the molecule is CS/C(C)=N/C(CC(C)C)NC1=CC=C(C(C)C)CC1C. The Morgan fingerprint density at radius 3 is 2.48 bits per heavy atom. The van der Waals surface area contributed by atoms with Crippen LogP contribution in [0.25, 0.3) is 0 Å². The lowest BCUT2D eigenvalue weighted by Crippen LogP contribution is -2.32. The van der Waals surface area contributed by atoms with E-state index in [0.717, 1.165) is 17.9 Å². The molecule has 1 aliphatic carbocycles. The zero-order valence-electron chi connectivity index (χ0n) is 14.7. The Bertz CT molecular complexity index is 419. The van der Waals surface area contributed by atoms with Gasteiger partial charge in [-0.1, -0.05) is 46.3 Å². The van der Waals surface area contributed by atoms with Crippen molar-refractivity contribution in [1.29, 1.82) is 0 Å². The third-order valence-electron chi connectivity index (χ3n) is 3.95. The van der Waals surface area contributed by atoms with Gasteiger partial charge in [0.1, 0.15) is 6.17 Å². The molecule has 0 aliphatic heterocycles. The zero-order chi connectivity index (χ0) is 16.0. The largest absolute Gasteiger partial charge is 0.367 e. The number of hydrogen-bond acceptors (Lipinski definition) is 3. The molecule has 0 aromatic carbocycles. The molecule has 1 N–H and O–H groups in total. The first kappa shape index (κ1) is 18.3. The molecule has 0 aromatic heterocycles. The van der Waals surface area contributed by atoms with Gasteiger partial charge in [-0.3, -0.25) is 4.99 Å². The molecule has 0 spiro atoms. The van der Waals surface area contributed by atoms with Crippen LogP contribution < -0.4 is 5.32 Å². The van der Waals surface area contributed by atoms with E-state index in [2.05, 4.69) is 65.3 Å². The molecule has 2 atom stereocenters. The van der Waals surface area contributed by atoms with E-state index < -0.39 is 0 Å². The van der Waals surface area contributed by atoms with Crippen LogP contribution in [0.3, 0.4) is 0 Å².